The van der Waals surface area contributed by atoms with Crippen molar-refractivity contribution in [3.8, 4) is 0 Å². The highest BCUT2D eigenvalue weighted by Gasteiger charge is 2.07. The minimum absolute atomic E-state index is 0.338. The zero-order valence-electron chi connectivity index (χ0n) is 9.04. The maximum Gasteiger partial charge on any atom is 0.127 e. The number of hydrogen-bond acceptors (Lipinski definition) is 2. The summed E-state index contributed by atoms with van der Waals surface area (Å²) in [6.07, 6.45) is 0.572. The smallest absolute Gasteiger partial charge is 0.127 e. The van der Waals surface area contributed by atoms with Gasteiger partial charge in [-0.05, 0) is 25.2 Å². The van der Waals surface area contributed by atoms with Gasteiger partial charge in [0.1, 0.15) is 11.6 Å². The SMILES string of the molecule is CN(CCC(N)=S)Cc1cc(F)ccc1F. The topological polar surface area (TPSA) is 29.3 Å². The number of nitrogens with two attached hydrogens (primary N) is 1. The summed E-state index contributed by atoms with van der Waals surface area (Å²) in [6, 6.07) is 3.44. The van der Waals surface area contributed by atoms with Crippen LogP contribution in [0.15, 0.2) is 18.2 Å². The summed E-state index contributed by atoms with van der Waals surface area (Å²) in [5.41, 5.74) is 5.70. The molecule has 0 fully saturated rings. The van der Waals surface area contributed by atoms with Crippen LogP contribution in [0.5, 0.6) is 0 Å². The van der Waals surface area contributed by atoms with Gasteiger partial charge in [0.25, 0.3) is 0 Å². The minimum Gasteiger partial charge on any atom is -0.393 e. The van der Waals surface area contributed by atoms with Crippen molar-refractivity contribution in [3.63, 3.8) is 0 Å². The van der Waals surface area contributed by atoms with E-state index in [0.717, 1.165) is 12.1 Å². The van der Waals surface area contributed by atoms with Gasteiger partial charge in [0, 0.05) is 25.1 Å². The van der Waals surface area contributed by atoms with Crippen LogP contribution in [-0.4, -0.2) is 23.5 Å². The molecular weight excluding hydrogens is 230 g/mol. The standard InChI is InChI=1S/C11H14F2N2S/c1-15(5-4-11(14)16)7-8-6-9(12)2-3-10(8)13/h2-3,6H,4-5,7H2,1H3,(H2,14,16). The third-order valence-corrected chi connectivity index (χ3v) is 2.39. The van der Waals surface area contributed by atoms with E-state index in [1.54, 1.807) is 0 Å². The van der Waals surface area contributed by atoms with Crippen molar-refractivity contribution in [3.05, 3.63) is 35.4 Å². The van der Waals surface area contributed by atoms with Gasteiger partial charge < -0.3 is 10.6 Å². The summed E-state index contributed by atoms with van der Waals surface area (Å²) in [5.74, 6) is -0.831. The zero-order valence-corrected chi connectivity index (χ0v) is 9.86. The van der Waals surface area contributed by atoms with Crippen LogP contribution in [0, 0.1) is 11.6 Å². The van der Waals surface area contributed by atoms with E-state index in [2.05, 4.69) is 0 Å². The first-order valence-corrected chi connectivity index (χ1v) is 5.30. The van der Waals surface area contributed by atoms with Crippen molar-refractivity contribution in [2.45, 2.75) is 13.0 Å². The van der Waals surface area contributed by atoms with Crippen molar-refractivity contribution in [2.24, 2.45) is 5.73 Å². The average Bonchev–Trinajstić information content (AvgIpc) is 2.20. The second-order valence-electron chi connectivity index (χ2n) is 3.69. The van der Waals surface area contributed by atoms with Gasteiger partial charge in [-0.2, -0.15) is 0 Å². The molecule has 0 unspecified atom stereocenters. The van der Waals surface area contributed by atoms with E-state index >= 15 is 0 Å². The molecule has 0 aliphatic heterocycles. The first-order chi connectivity index (χ1) is 7.49. The summed E-state index contributed by atoms with van der Waals surface area (Å²) in [6.45, 7) is 0.970. The Morgan fingerprint density at radius 1 is 1.44 bits per heavy atom. The van der Waals surface area contributed by atoms with Crippen LogP contribution in [-0.2, 0) is 6.54 Å². The number of thiocarbonyl (C=S) groups is 1. The summed E-state index contributed by atoms with van der Waals surface area (Å²) < 4.78 is 26.2. The molecule has 88 valence electrons. The molecule has 0 atom stereocenters. The number of rotatable bonds is 5. The molecule has 1 rings (SSSR count). The lowest BCUT2D eigenvalue weighted by molar-refractivity contribution is 0.330. The van der Waals surface area contributed by atoms with E-state index in [1.165, 1.54) is 6.07 Å². The van der Waals surface area contributed by atoms with Gasteiger partial charge in [-0.3, -0.25) is 0 Å². The Balaban J connectivity index is 2.58. The first kappa shape index (κ1) is 13.0. The van der Waals surface area contributed by atoms with E-state index in [0.29, 0.717) is 30.1 Å². The van der Waals surface area contributed by atoms with Crippen molar-refractivity contribution in [2.75, 3.05) is 13.6 Å². The molecule has 0 radical (unpaired) electrons. The van der Waals surface area contributed by atoms with Crippen LogP contribution in [0.4, 0.5) is 8.78 Å². The Hall–Kier alpha value is -1.07. The fraction of sp³-hybridized carbons (Fsp3) is 0.364. The monoisotopic (exact) mass is 244 g/mol. The van der Waals surface area contributed by atoms with E-state index in [4.69, 9.17) is 18.0 Å². The summed E-state index contributed by atoms with van der Waals surface area (Å²) in [7, 11) is 1.81. The molecule has 5 heteroatoms. The number of nitrogens with zero attached hydrogens (tertiary/aromatic N) is 1. The molecule has 2 N–H and O–H groups in total. The Kier molecular flexibility index (Phi) is 4.76. The van der Waals surface area contributed by atoms with Gasteiger partial charge in [-0.15, -0.1) is 0 Å². The van der Waals surface area contributed by atoms with Crippen LogP contribution < -0.4 is 5.73 Å². The van der Waals surface area contributed by atoms with Gasteiger partial charge in [0.05, 0.1) is 4.99 Å². The third-order valence-electron chi connectivity index (χ3n) is 2.19. The van der Waals surface area contributed by atoms with Gasteiger partial charge in [0.2, 0.25) is 0 Å². The highest BCUT2D eigenvalue weighted by molar-refractivity contribution is 7.80. The predicted octanol–water partition coefficient (Wildman–Crippen LogP) is 2.07. The lowest BCUT2D eigenvalue weighted by Gasteiger charge is -2.16. The molecule has 16 heavy (non-hydrogen) atoms. The largest absolute Gasteiger partial charge is 0.393 e. The van der Waals surface area contributed by atoms with Crippen LogP contribution in [0.3, 0.4) is 0 Å². The maximum absolute atomic E-state index is 13.3. The number of hydrogen-bond donors (Lipinski definition) is 1. The van der Waals surface area contributed by atoms with E-state index < -0.39 is 11.6 Å². The second kappa shape index (κ2) is 5.86. The highest BCUT2D eigenvalue weighted by Crippen LogP contribution is 2.11. The fourth-order valence-corrected chi connectivity index (χ4v) is 1.43. The van der Waals surface area contributed by atoms with Crippen LogP contribution >= 0.6 is 12.2 Å². The van der Waals surface area contributed by atoms with Crippen molar-refractivity contribution < 1.29 is 8.78 Å². The molecule has 0 aromatic heterocycles. The quantitative estimate of drug-likeness (QED) is 0.804. The van der Waals surface area contributed by atoms with Gasteiger partial charge in [-0.1, -0.05) is 12.2 Å². The third kappa shape index (κ3) is 4.20. The number of benzene rings is 1. The summed E-state index contributed by atoms with van der Waals surface area (Å²) in [4.78, 5) is 2.27. The van der Waals surface area contributed by atoms with Crippen LogP contribution in [0.1, 0.15) is 12.0 Å². The Morgan fingerprint density at radius 2 is 2.12 bits per heavy atom. The molecule has 1 aromatic carbocycles. The maximum atomic E-state index is 13.3. The molecule has 0 saturated heterocycles. The van der Waals surface area contributed by atoms with E-state index in [9.17, 15) is 8.78 Å². The molecule has 0 aliphatic rings. The Labute approximate surface area is 99.0 Å². The lowest BCUT2D eigenvalue weighted by Crippen LogP contribution is -2.23. The van der Waals surface area contributed by atoms with Crippen molar-refractivity contribution in [1.29, 1.82) is 0 Å². The number of halogens is 2. The van der Waals surface area contributed by atoms with Gasteiger partial charge in [0.15, 0.2) is 0 Å². The summed E-state index contributed by atoms with van der Waals surface area (Å²) in [5, 5.41) is 0. The molecule has 1 aromatic rings. The fourth-order valence-electron chi connectivity index (χ4n) is 1.34. The normalized spacial score (nSPS) is 10.8. The van der Waals surface area contributed by atoms with Gasteiger partial charge in [-0.25, -0.2) is 8.78 Å². The van der Waals surface area contributed by atoms with Crippen LogP contribution in [0.25, 0.3) is 0 Å². The molecule has 0 heterocycles. The Bertz CT molecular complexity index is 382. The van der Waals surface area contributed by atoms with E-state index in [1.807, 2.05) is 11.9 Å². The zero-order chi connectivity index (χ0) is 12.1. The Morgan fingerprint density at radius 3 is 2.75 bits per heavy atom. The lowest BCUT2D eigenvalue weighted by atomic mass is 10.2. The summed E-state index contributed by atoms with van der Waals surface area (Å²) >= 11 is 4.74. The van der Waals surface area contributed by atoms with Crippen LogP contribution in [0.2, 0.25) is 0 Å². The highest BCUT2D eigenvalue weighted by atomic mass is 32.1. The molecule has 0 aliphatic carbocycles. The molecule has 0 spiro atoms. The minimum atomic E-state index is -0.431. The van der Waals surface area contributed by atoms with Crippen molar-refractivity contribution in [1.82, 2.24) is 4.90 Å². The molecule has 0 bridgehead atoms. The molecule has 0 amide bonds. The molecule has 2 nitrogen and oxygen atoms in total. The van der Waals surface area contributed by atoms with Crippen molar-refractivity contribution >= 4 is 17.2 Å². The average molecular weight is 244 g/mol. The molecule has 0 saturated carbocycles. The predicted molar refractivity (Wildman–Crippen MR) is 64.1 cm³/mol. The second-order valence-corrected chi connectivity index (χ2v) is 4.21. The van der Waals surface area contributed by atoms with E-state index in [-0.39, 0.29) is 0 Å². The first-order valence-electron chi connectivity index (χ1n) is 4.90. The molecular formula is C11H14F2N2S. The van der Waals surface area contributed by atoms with Gasteiger partial charge >= 0.3 is 0 Å².